The average Bonchev–Trinajstić information content (AvgIpc) is 2.42. The van der Waals surface area contributed by atoms with Crippen molar-refractivity contribution in [2.75, 3.05) is 0 Å². The fourth-order valence-electron chi connectivity index (χ4n) is 1.61. The van der Waals surface area contributed by atoms with Crippen LogP contribution in [0.15, 0.2) is 34.8 Å². The lowest BCUT2D eigenvalue weighted by atomic mass is 10.1. The van der Waals surface area contributed by atoms with Crippen LogP contribution in [0.4, 0.5) is 4.39 Å². The molecule has 0 saturated heterocycles. The molecule has 0 radical (unpaired) electrons. The van der Waals surface area contributed by atoms with Crippen LogP contribution < -0.4 is 10.5 Å². The Labute approximate surface area is 134 Å². The molecule has 2 aromatic carbocycles. The minimum atomic E-state index is -0.533. The van der Waals surface area contributed by atoms with E-state index in [0.29, 0.717) is 21.8 Å². The van der Waals surface area contributed by atoms with Gasteiger partial charge in [-0.1, -0.05) is 35.3 Å². The molecule has 2 N–H and O–H groups in total. The minimum Gasteiger partial charge on any atom is -0.488 e. The molecule has 0 fully saturated rings. The molecule has 0 aromatic heterocycles. The number of benzene rings is 2. The molecule has 20 heavy (non-hydrogen) atoms. The van der Waals surface area contributed by atoms with Gasteiger partial charge in [0.05, 0.1) is 9.50 Å². The number of nitrogens with two attached hydrogens (primary N) is 1. The highest BCUT2D eigenvalue weighted by Gasteiger charge is 2.09. The van der Waals surface area contributed by atoms with E-state index in [1.165, 1.54) is 12.1 Å². The van der Waals surface area contributed by atoms with Crippen LogP contribution >= 0.6 is 39.1 Å². The minimum absolute atomic E-state index is 0.0366. The van der Waals surface area contributed by atoms with Crippen molar-refractivity contribution in [2.24, 2.45) is 5.73 Å². The SMILES string of the molecule is NCc1ccc(COc2cc(F)c(Cl)cc2Br)c(Cl)c1. The summed E-state index contributed by atoms with van der Waals surface area (Å²) in [5.41, 5.74) is 7.27. The maximum atomic E-state index is 13.4. The standard InChI is InChI=1S/C14H11BrCl2FNO/c15-10-4-12(17)13(18)5-14(10)20-7-9-2-1-8(6-19)3-11(9)16/h1-5H,6-7,19H2. The predicted molar refractivity (Wildman–Crippen MR) is 82.8 cm³/mol. The molecule has 0 heterocycles. The largest absolute Gasteiger partial charge is 0.488 e. The summed E-state index contributed by atoms with van der Waals surface area (Å²) in [6.07, 6.45) is 0. The number of hydrogen-bond acceptors (Lipinski definition) is 2. The number of rotatable bonds is 4. The van der Waals surface area contributed by atoms with Crippen molar-refractivity contribution < 1.29 is 9.13 Å². The van der Waals surface area contributed by atoms with Gasteiger partial charge in [-0.3, -0.25) is 0 Å². The molecule has 106 valence electrons. The summed E-state index contributed by atoms with van der Waals surface area (Å²) in [4.78, 5) is 0. The third-order valence-corrected chi connectivity index (χ3v) is 3.97. The molecular formula is C14H11BrCl2FNO. The Morgan fingerprint density at radius 1 is 1.15 bits per heavy atom. The smallest absolute Gasteiger partial charge is 0.145 e. The highest BCUT2D eigenvalue weighted by Crippen LogP contribution is 2.31. The summed E-state index contributed by atoms with van der Waals surface area (Å²) in [6, 6.07) is 8.18. The van der Waals surface area contributed by atoms with Gasteiger partial charge >= 0.3 is 0 Å². The Kier molecular flexibility index (Phi) is 5.27. The third kappa shape index (κ3) is 3.64. The van der Waals surface area contributed by atoms with Gasteiger partial charge in [0.25, 0.3) is 0 Å². The van der Waals surface area contributed by atoms with E-state index in [1.54, 1.807) is 6.07 Å². The molecule has 0 unspecified atom stereocenters. The molecule has 0 bridgehead atoms. The van der Waals surface area contributed by atoms with Crippen molar-refractivity contribution in [2.45, 2.75) is 13.2 Å². The summed E-state index contributed by atoms with van der Waals surface area (Å²) in [5, 5.41) is 0.605. The van der Waals surface area contributed by atoms with E-state index in [2.05, 4.69) is 15.9 Å². The Balaban J connectivity index is 2.15. The highest BCUT2D eigenvalue weighted by atomic mass is 79.9. The molecule has 6 heteroatoms. The molecule has 0 atom stereocenters. The lowest BCUT2D eigenvalue weighted by Crippen LogP contribution is -2.00. The quantitative estimate of drug-likeness (QED) is 0.765. The second-order valence-corrected chi connectivity index (χ2v) is 5.78. The van der Waals surface area contributed by atoms with E-state index in [-0.39, 0.29) is 11.6 Å². The first-order chi connectivity index (χ1) is 9.51. The van der Waals surface area contributed by atoms with Gasteiger partial charge in [-0.05, 0) is 33.6 Å². The Morgan fingerprint density at radius 2 is 1.90 bits per heavy atom. The van der Waals surface area contributed by atoms with Crippen molar-refractivity contribution in [1.29, 1.82) is 0 Å². The number of hydrogen-bond donors (Lipinski definition) is 1. The van der Waals surface area contributed by atoms with Gasteiger partial charge < -0.3 is 10.5 Å². The molecule has 2 rings (SSSR count). The predicted octanol–water partition coefficient (Wildman–Crippen LogP) is 4.93. The molecule has 0 aliphatic rings. The van der Waals surface area contributed by atoms with Crippen molar-refractivity contribution in [3.63, 3.8) is 0 Å². The lowest BCUT2D eigenvalue weighted by Gasteiger charge is -2.11. The lowest BCUT2D eigenvalue weighted by molar-refractivity contribution is 0.302. The monoisotopic (exact) mass is 377 g/mol. The van der Waals surface area contributed by atoms with Gasteiger partial charge in [0.2, 0.25) is 0 Å². The van der Waals surface area contributed by atoms with Gasteiger partial charge in [0.15, 0.2) is 0 Å². The number of halogens is 4. The van der Waals surface area contributed by atoms with Crippen molar-refractivity contribution in [1.82, 2.24) is 0 Å². The first-order valence-electron chi connectivity index (χ1n) is 5.76. The van der Waals surface area contributed by atoms with E-state index in [4.69, 9.17) is 33.7 Å². The molecule has 0 spiro atoms. The van der Waals surface area contributed by atoms with Crippen molar-refractivity contribution in [3.05, 3.63) is 61.8 Å². The van der Waals surface area contributed by atoms with Gasteiger partial charge in [0.1, 0.15) is 18.2 Å². The molecule has 2 aromatic rings. The van der Waals surface area contributed by atoms with E-state index in [9.17, 15) is 4.39 Å². The Hall–Kier alpha value is -0.810. The highest BCUT2D eigenvalue weighted by molar-refractivity contribution is 9.10. The molecule has 0 aliphatic carbocycles. The second-order valence-electron chi connectivity index (χ2n) is 4.12. The van der Waals surface area contributed by atoms with E-state index >= 15 is 0 Å². The van der Waals surface area contributed by atoms with E-state index < -0.39 is 5.82 Å². The average molecular weight is 379 g/mol. The van der Waals surface area contributed by atoms with E-state index in [0.717, 1.165) is 11.1 Å². The molecular weight excluding hydrogens is 368 g/mol. The van der Waals surface area contributed by atoms with Crippen LogP contribution in [-0.4, -0.2) is 0 Å². The van der Waals surface area contributed by atoms with Crippen LogP contribution in [0.3, 0.4) is 0 Å². The van der Waals surface area contributed by atoms with Gasteiger partial charge in [-0.15, -0.1) is 0 Å². The molecule has 0 saturated carbocycles. The normalized spacial score (nSPS) is 10.7. The van der Waals surface area contributed by atoms with Crippen LogP contribution in [0.1, 0.15) is 11.1 Å². The molecule has 0 aliphatic heterocycles. The Morgan fingerprint density at radius 3 is 2.55 bits per heavy atom. The maximum Gasteiger partial charge on any atom is 0.145 e. The van der Waals surface area contributed by atoms with Crippen LogP contribution in [0.2, 0.25) is 10.0 Å². The molecule has 0 amide bonds. The molecule has 2 nitrogen and oxygen atoms in total. The summed E-state index contributed by atoms with van der Waals surface area (Å²) in [5.74, 6) is -0.166. The summed E-state index contributed by atoms with van der Waals surface area (Å²) >= 11 is 15.1. The summed E-state index contributed by atoms with van der Waals surface area (Å²) in [7, 11) is 0. The topological polar surface area (TPSA) is 35.2 Å². The second kappa shape index (κ2) is 6.76. The van der Waals surface area contributed by atoms with Crippen LogP contribution in [-0.2, 0) is 13.2 Å². The van der Waals surface area contributed by atoms with Gasteiger partial charge in [0, 0.05) is 23.2 Å². The van der Waals surface area contributed by atoms with Crippen molar-refractivity contribution in [3.8, 4) is 5.75 Å². The maximum absolute atomic E-state index is 13.4. The Bertz CT molecular complexity index is 637. The summed E-state index contributed by atoms with van der Waals surface area (Å²) < 4.78 is 19.5. The zero-order chi connectivity index (χ0) is 14.7. The van der Waals surface area contributed by atoms with Crippen molar-refractivity contribution >= 4 is 39.1 Å². The first-order valence-corrected chi connectivity index (χ1v) is 7.31. The zero-order valence-electron chi connectivity index (χ0n) is 10.3. The van der Waals surface area contributed by atoms with Crippen LogP contribution in [0.25, 0.3) is 0 Å². The zero-order valence-corrected chi connectivity index (χ0v) is 13.4. The van der Waals surface area contributed by atoms with Gasteiger partial charge in [-0.2, -0.15) is 0 Å². The number of ether oxygens (including phenoxy) is 1. The van der Waals surface area contributed by atoms with E-state index in [1.807, 2.05) is 12.1 Å². The summed E-state index contributed by atoms with van der Waals surface area (Å²) in [6.45, 7) is 0.651. The van der Waals surface area contributed by atoms with Crippen LogP contribution in [0.5, 0.6) is 5.75 Å². The van der Waals surface area contributed by atoms with Gasteiger partial charge in [-0.25, -0.2) is 4.39 Å². The fraction of sp³-hybridized carbons (Fsp3) is 0.143. The fourth-order valence-corrected chi connectivity index (χ4v) is 2.62. The van der Waals surface area contributed by atoms with Crippen LogP contribution in [0, 0.1) is 5.82 Å². The first kappa shape index (κ1) is 15.6. The third-order valence-electron chi connectivity index (χ3n) is 2.71.